The number of amides is 1. The second kappa shape index (κ2) is 6.38. The number of carbonyl (C=O) groups excluding carboxylic acids is 1. The average molecular weight is 230 g/mol. The number of nitrogens with one attached hydrogen (secondary N) is 1. The number of nitrogens with zero attached hydrogens (tertiary/aromatic N) is 1. The first-order valence-corrected chi connectivity index (χ1v) is 6.86. The molecule has 0 radical (unpaired) electrons. The van der Waals surface area contributed by atoms with E-state index in [0.29, 0.717) is 5.92 Å². The maximum Gasteiger partial charge on any atom is 0.240 e. The lowest BCUT2D eigenvalue weighted by atomic mass is 10.1. The Bertz CT molecular complexity index is 205. The Labute approximate surface area is 97.0 Å². The summed E-state index contributed by atoms with van der Waals surface area (Å²) in [6.07, 6.45) is 1.13. The fourth-order valence-electron chi connectivity index (χ4n) is 1.68. The van der Waals surface area contributed by atoms with E-state index < -0.39 is 0 Å². The molecule has 15 heavy (non-hydrogen) atoms. The van der Waals surface area contributed by atoms with E-state index in [2.05, 4.69) is 19.2 Å². The van der Waals surface area contributed by atoms with Crippen molar-refractivity contribution in [3.63, 3.8) is 0 Å². The van der Waals surface area contributed by atoms with Crippen molar-refractivity contribution in [3.8, 4) is 0 Å². The van der Waals surface area contributed by atoms with E-state index in [1.165, 1.54) is 0 Å². The van der Waals surface area contributed by atoms with Crippen LogP contribution in [0.1, 0.15) is 20.3 Å². The number of likely N-dealkylation sites (N-methyl/N-ethyl adjacent to an activating group) is 1. The smallest absolute Gasteiger partial charge is 0.240 e. The van der Waals surface area contributed by atoms with Crippen LogP contribution in [0.3, 0.4) is 0 Å². The van der Waals surface area contributed by atoms with Gasteiger partial charge in [0.15, 0.2) is 0 Å². The second-order valence-electron chi connectivity index (χ2n) is 4.31. The monoisotopic (exact) mass is 230 g/mol. The lowest BCUT2D eigenvalue weighted by molar-refractivity contribution is -0.132. The molecule has 1 aliphatic heterocycles. The average Bonchev–Trinajstić information content (AvgIpc) is 2.29. The van der Waals surface area contributed by atoms with Gasteiger partial charge in [0.25, 0.3) is 0 Å². The SMILES string of the molecule is CCC(C)CN(C)C(=O)C1CSCCN1. The van der Waals surface area contributed by atoms with E-state index in [1.807, 2.05) is 23.7 Å². The van der Waals surface area contributed by atoms with Crippen LogP contribution in [0.25, 0.3) is 0 Å². The van der Waals surface area contributed by atoms with Gasteiger partial charge in [0.05, 0.1) is 6.04 Å². The van der Waals surface area contributed by atoms with Crippen LogP contribution in [0.5, 0.6) is 0 Å². The Hall–Kier alpha value is -0.220. The van der Waals surface area contributed by atoms with Crippen molar-refractivity contribution >= 4 is 17.7 Å². The van der Waals surface area contributed by atoms with E-state index in [1.54, 1.807) is 0 Å². The molecular formula is C11H22N2OS. The highest BCUT2D eigenvalue weighted by Crippen LogP contribution is 2.11. The topological polar surface area (TPSA) is 32.3 Å². The summed E-state index contributed by atoms with van der Waals surface area (Å²) in [6.45, 7) is 6.18. The third-order valence-electron chi connectivity index (χ3n) is 2.88. The van der Waals surface area contributed by atoms with Crippen molar-refractivity contribution in [1.82, 2.24) is 10.2 Å². The Morgan fingerprint density at radius 2 is 2.40 bits per heavy atom. The normalized spacial score (nSPS) is 23.5. The van der Waals surface area contributed by atoms with Crippen molar-refractivity contribution in [2.45, 2.75) is 26.3 Å². The molecule has 0 aromatic rings. The fourth-order valence-corrected chi connectivity index (χ4v) is 2.60. The summed E-state index contributed by atoms with van der Waals surface area (Å²) in [5.74, 6) is 2.89. The van der Waals surface area contributed by atoms with Crippen molar-refractivity contribution in [3.05, 3.63) is 0 Å². The predicted molar refractivity (Wildman–Crippen MR) is 66.2 cm³/mol. The minimum absolute atomic E-state index is 0.0396. The molecule has 0 spiro atoms. The molecule has 1 saturated heterocycles. The van der Waals surface area contributed by atoms with Gasteiger partial charge in [-0.05, 0) is 5.92 Å². The van der Waals surface area contributed by atoms with Gasteiger partial charge in [0, 0.05) is 31.6 Å². The number of thioether (sulfide) groups is 1. The predicted octanol–water partition coefficient (Wildman–Crippen LogP) is 1.20. The Morgan fingerprint density at radius 3 is 2.93 bits per heavy atom. The van der Waals surface area contributed by atoms with Crippen LogP contribution in [0.4, 0.5) is 0 Å². The molecule has 4 heteroatoms. The van der Waals surface area contributed by atoms with E-state index in [-0.39, 0.29) is 11.9 Å². The van der Waals surface area contributed by atoms with Crippen LogP contribution in [-0.2, 0) is 4.79 Å². The molecule has 0 aliphatic carbocycles. The highest BCUT2D eigenvalue weighted by Gasteiger charge is 2.24. The van der Waals surface area contributed by atoms with E-state index >= 15 is 0 Å². The number of rotatable bonds is 4. The van der Waals surface area contributed by atoms with Gasteiger partial charge in [0.1, 0.15) is 0 Å². The maximum atomic E-state index is 12.0. The molecule has 0 saturated carbocycles. The van der Waals surface area contributed by atoms with Gasteiger partial charge in [-0.15, -0.1) is 0 Å². The van der Waals surface area contributed by atoms with Gasteiger partial charge < -0.3 is 10.2 Å². The summed E-state index contributed by atoms with van der Waals surface area (Å²) >= 11 is 1.86. The van der Waals surface area contributed by atoms with Crippen molar-refractivity contribution in [1.29, 1.82) is 0 Å². The molecule has 1 aliphatic rings. The molecule has 1 N–H and O–H groups in total. The highest BCUT2D eigenvalue weighted by molar-refractivity contribution is 7.99. The molecule has 1 fully saturated rings. The molecule has 2 unspecified atom stereocenters. The first-order chi connectivity index (χ1) is 7.15. The Kier molecular flexibility index (Phi) is 5.47. The van der Waals surface area contributed by atoms with Gasteiger partial charge in [0.2, 0.25) is 5.91 Å². The number of hydrogen-bond acceptors (Lipinski definition) is 3. The van der Waals surface area contributed by atoms with Crippen LogP contribution in [0.2, 0.25) is 0 Å². The molecular weight excluding hydrogens is 208 g/mol. The molecule has 88 valence electrons. The molecule has 1 heterocycles. The van der Waals surface area contributed by atoms with Gasteiger partial charge >= 0.3 is 0 Å². The first-order valence-electron chi connectivity index (χ1n) is 5.71. The highest BCUT2D eigenvalue weighted by atomic mass is 32.2. The third-order valence-corrected chi connectivity index (χ3v) is 3.94. The zero-order valence-electron chi connectivity index (χ0n) is 9.95. The molecule has 1 amide bonds. The summed E-state index contributed by atoms with van der Waals surface area (Å²) in [4.78, 5) is 13.9. The Morgan fingerprint density at radius 1 is 1.67 bits per heavy atom. The summed E-state index contributed by atoms with van der Waals surface area (Å²) in [5, 5.41) is 3.28. The van der Waals surface area contributed by atoms with Gasteiger partial charge in [-0.2, -0.15) is 11.8 Å². The summed E-state index contributed by atoms with van der Waals surface area (Å²) in [5.41, 5.74) is 0. The van der Waals surface area contributed by atoms with Crippen LogP contribution < -0.4 is 5.32 Å². The van der Waals surface area contributed by atoms with E-state index in [0.717, 1.165) is 31.0 Å². The molecule has 0 aromatic heterocycles. The van der Waals surface area contributed by atoms with Gasteiger partial charge in [-0.25, -0.2) is 0 Å². The largest absolute Gasteiger partial charge is 0.344 e. The standard InChI is InChI=1S/C11H22N2OS/c1-4-9(2)7-13(3)11(14)10-8-15-6-5-12-10/h9-10,12H,4-8H2,1-3H3. The summed E-state index contributed by atoms with van der Waals surface area (Å²) in [6, 6.07) is 0.0396. The molecule has 0 aromatic carbocycles. The van der Waals surface area contributed by atoms with Gasteiger partial charge in [-0.3, -0.25) is 4.79 Å². The van der Waals surface area contributed by atoms with Crippen LogP contribution in [-0.4, -0.2) is 48.5 Å². The molecule has 0 bridgehead atoms. The zero-order chi connectivity index (χ0) is 11.3. The van der Waals surface area contributed by atoms with Crippen LogP contribution in [0.15, 0.2) is 0 Å². The second-order valence-corrected chi connectivity index (χ2v) is 5.46. The molecule has 1 rings (SSSR count). The molecule has 2 atom stereocenters. The van der Waals surface area contributed by atoms with Crippen LogP contribution >= 0.6 is 11.8 Å². The van der Waals surface area contributed by atoms with Crippen molar-refractivity contribution < 1.29 is 4.79 Å². The van der Waals surface area contributed by atoms with E-state index in [9.17, 15) is 4.79 Å². The minimum Gasteiger partial charge on any atom is -0.344 e. The van der Waals surface area contributed by atoms with Crippen LogP contribution in [0, 0.1) is 5.92 Å². The summed E-state index contributed by atoms with van der Waals surface area (Å²) in [7, 11) is 1.91. The van der Waals surface area contributed by atoms with E-state index in [4.69, 9.17) is 0 Å². The minimum atomic E-state index is 0.0396. The number of hydrogen-bond donors (Lipinski definition) is 1. The first kappa shape index (κ1) is 12.8. The summed E-state index contributed by atoms with van der Waals surface area (Å²) < 4.78 is 0. The van der Waals surface area contributed by atoms with Crippen molar-refractivity contribution in [2.75, 3.05) is 31.6 Å². The Balaban J connectivity index is 2.37. The van der Waals surface area contributed by atoms with Crippen molar-refractivity contribution in [2.24, 2.45) is 5.92 Å². The maximum absolute atomic E-state index is 12.0. The lowest BCUT2D eigenvalue weighted by Gasteiger charge is -2.28. The zero-order valence-corrected chi connectivity index (χ0v) is 10.8. The van der Waals surface area contributed by atoms with Gasteiger partial charge in [-0.1, -0.05) is 20.3 Å². The molecule has 3 nitrogen and oxygen atoms in total. The third kappa shape index (κ3) is 4.03. The fraction of sp³-hybridized carbons (Fsp3) is 0.909. The lowest BCUT2D eigenvalue weighted by Crippen LogP contribution is -2.50. The quantitative estimate of drug-likeness (QED) is 0.787. The number of carbonyl (C=O) groups is 1.